The van der Waals surface area contributed by atoms with E-state index in [1.54, 1.807) is 0 Å². The Hall–Kier alpha value is -1.28. The molecule has 0 unspecified atom stereocenters. The van der Waals surface area contributed by atoms with Crippen LogP contribution in [0.4, 0.5) is 0 Å². The third kappa shape index (κ3) is 2.36. The second-order valence-corrected chi connectivity index (χ2v) is 3.04. The van der Waals surface area contributed by atoms with E-state index in [1.165, 1.54) is 0 Å². The summed E-state index contributed by atoms with van der Waals surface area (Å²) in [5, 5.41) is 0. The SMILES string of the molecule is C=CCc1cccc(CN)c1OCC. The molecule has 0 aromatic heterocycles. The molecule has 0 saturated carbocycles. The minimum atomic E-state index is 0.514. The highest BCUT2D eigenvalue weighted by Crippen LogP contribution is 2.24. The van der Waals surface area contributed by atoms with E-state index < -0.39 is 0 Å². The molecule has 1 aromatic rings. The largest absolute Gasteiger partial charge is 0.493 e. The van der Waals surface area contributed by atoms with Gasteiger partial charge in [0.25, 0.3) is 0 Å². The van der Waals surface area contributed by atoms with E-state index in [9.17, 15) is 0 Å². The second-order valence-electron chi connectivity index (χ2n) is 3.04. The number of hydrogen-bond acceptors (Lipinski definition) is 2. The van der Waals surface area contributed by atoms with Crippen LogP contribution < -0.4 is 10.5 Å². The van der Waals surface area contributed by atoms with Gasteiger partial charge in [-0.25, -0.2) is 0 Å². The van der Waals surface area contributed by atoms with Crippen LogP contribution >= 0.6 is 0 Å². The number of rotatable bonds is 5. The van der Waals surface area contributed by atoms with Gasteiger partial charge in [-0.3, -0.25) is 0 Å². The molecule has 14 heavy (non-hydrogen) atoms. The Morgan fingerprint density at radius 1 is 1.43 bits per heavy atom. The highest BCUT2D eigenvalue weighted by atomic mass is 16.5. The molecule has 76 valence electrons. The van der Waals surface area contributed by atoms with Gasteiger partial charge in [0.15, 0.2) is 0 Å². The molecule has 2 nitrogen and oxygen atoms in total. The van der Waals surface area contributed by atoms with Crippen molar-refractivity contribution in [2.24, 2.45) is 5.73 Å². The van der Waals surface area contributed by atoms with E-state index >= 15 is 0 Å². The molecule has 0 aliphatic heterocycles. The van der Waals surface area contributed by atoms with Gasteiger partial charge in [0, 0.05) is 12.1 Å². The van der Waals surface area contributed by atoms with Gasteiger partial charge in [-0.1, -0.05) is 24.3 Å². The first kappa shape index (κ1) is 10.8. The Morgan fingerprint density at radius 2 is 2.14 bits per heavy atom. The second kappa shape index (κ2) is 5.45. The van der Waals surface area contributed by atoms with E-state index in [4.69, 9.17) is 10.5 Å². The van der Waals surface area contributed by atoms with Crippen LogP contribution in [0, 0.1) is 0 Å². The van der Waals surface area contributed by atoms with E-state index in [0.717, 1.165) is 23.3 Å². The van der Waals surface area contributed by atoms with E-state index in [0.29, 0.717) is 13.2 Å². The molecule has 0 atom stereocenters. The van der Waals surface area contributed by atoms with Gasteiger partial charge in [-0.15, -0.1) is 6.58 Å². The third-order valence-corrected chi connectivity index (χ3v) is 2.05. The zero-order valence-electron chi connectivity index (χ0n) is 8.62. The van der Waals surface area contributed by atoms with Crippen molar-refractivity contribution in [3.05, 3.63) is 42.0 Å². The maximum atomic E-state index is 5.64. The van der Waals surface area contributed by atoms with Crippen molar-refractivity contribution in [1.29, 1.82) is 0 Å². The van der Waals surface area contributed by atoms with Crippen LogP contribution in [0.15, 0.2) is 30.9 Å². The van der Waals surface area contributed by atoms with Crippen LogP contribution in [0.3, 0.4) is 0 Å². The summed E-state index contributed by atoms with van der Waals surface area (Å²) < 4.78 is 5.58. The Bertz CT molecular complexity index is 307. The summed E-state index contributed by atoms with van der Waals surface area (Å²) in [6.45, 7) is 6.89. The minimum absolute atomic E-state index is 0.514. The maximum absolute atomic E-state index is 5.64. The van der Waals surface area contributed by atoms with E-state index in [1.807, 2.05) is 31.2 Å². The quantitative estimate of drug-likeness (QED) is 0.725. The standard InChI is InChI=1S/C12H17NO/c1-3-6-10-7-5-8-11(9-13)12(10)14-4-2/h3,5,7-8H,1,4,6,9,13H2,2H3. The number of nitrogens with two attached hydrogens (primary N) is 1. The number of benzene rings is 1. The number of para-hydroxylation sites is 1. The predicted molar refractivity (Wildman–Crippen MR) is 59.4 cm³/mol. The van der Waals surface area contributed by atoms with Crippen molar-refractivity contribution < 1.29 is 4.74 Å². The molecule has 0 bridgehead atoms. The Morgan fingerprint density at radius 3 is 2.71 bits per heavy atom. The summed E-state index contributed by atoms with van der Waals surface area (Å²) in [6, 6.07) is 6.05. The fourth-order valence-corrected chi connectivity index (χ4v) is 1.44. The molecular formula is C12H17NO. The Labute approximate surface area is 85.4 Å². The van der Waals surface area contributed by atoms with Crippen molar-refractivity contribution in [3.8, 4) is 5.75 Å². The van der Waals surface area contributed by atoms with Crippen LogP contribution in [0.1, 0.15) is 18.1 Å². The molecule has 0 radical (unpaired) electrons. The highest BCUT2D eigenvalue weighted by molar-refractivity contribution is 5.42. The summed E-state index contributed by atoms with van der Waals surface area (Å²) in [5.41, 5.74) is 7.86. The van der Waals surface area contributed by atoms with Gasteiger partial charge in [0.05, 0.1) is 6.61 Å². The molecule has 0 aliphatic carbocycles. The normalized spacial score (nSPS) is 9.86. The van der Waals surface area contributed by atoms with Crippen LogP contribution in [0.2, 0.25) is 0 Å². The summed E-state index contributed by atoms with van der Waals surface area (Å²) in [6.07, 6.45) is 2.70. The summed E-state index contributed by atoms with van der Waals surface area (Å²) in [4.78, 5) is 0. The summed E-state index contributed by atoms with van der Waals surface area (Å²) >= 11 is 0. The molecule has 0 aliphatic rings. The van der Waals surface area contributed by atoms with Crippen LogP contribution in [-0.4, -0.2) is 6.61 Å². The zero-order valence-corrected chi connectivity index (χ0v) is 8.62. The average molecular weight is 191 g/mol. The molecule has 0 spiro atoms. The first-order valence-corrected chi connectivity index (χ1v) is 4.88. The molecular weight excluding hydrogens is 174 g/mol. The molecule has 1 rings (SSSR count). The van der Waals surface area contributed by atoms with Crippen molar-refractivity contribution in [2.45, 2.75) is 19.9 Å². The maximum Gasteiger partial charge on any atom is 0.127 e. The van der Waals surface area contributed by atoms with Crippen molar-refractivity contribution in [2.75, 3.05) is 6.61 Å². The Balaban J connectivity index is 3.06. The fraction of sp³-hybridized carbons (Fsp3) is 0.333. The molecule has 0 saturated heterocycles. The molecule has 2 heteroatoms. The third-order valence-electron chi connectivity index (χ3n) is 2.05. The summed E-state index contributed by atoms with van der Waals surface area (Å²) in [5.74, 6) is 0.928. The predicted octanol–water partition coefficient (Wildman–Crippen LogP) is 2.27. The lowest BCUT2D eigenvalue weighted by Crippen LogP contribution is -2.04. The smallest absolute Gasteiger partial charge is 0.127 e. The van der Waals surface area contributed by atoms with Gasteiger partial charge < -0.3 is 10.5 Å². The van der Waals surface area contributed by atoms with Crippen LogP contribution in [-0.2, 0) is 13.0 Å². The molecule has 0 amide bonds. The van der Waals surface area contributed by atoms with Crippen LogP contribution in [0.25, 0.3) is 0 Å². The first-order valence-electron chi connectivity index (χ1n) is 4.88. The minimum Gasteiger partial charge on any atom is -0.493 e. The monoisotopic (exact) mass is 191 g/mol. The lowest BCUT2D eigenvalue weighted by Gasteiger charge is -2.12. The van der Waals surface area contributed by atoms with Crippen molar-refractivity contribution >= 4 is 0 Å². The highest BCUT2D eigenvalue weighted by Gasteiger charge is 2.06. The molecule has 0 heterocycles. The van der Waals surface area contributed by atoms with E-state index in [-0.39, 0.29) is 0 Å². The van der Waals surface area contributed by atoms with Crippen molar-refractivity contribution in [1.82, 2.24) is 0 Å². The van der Waals surface area contributed by atoms with Crippen LogP contribution in [0.5, 0.6) is 5.75 Å². The number of allylic oxidation sites excluding steroid dienone is 1. The van der Waals surface area contributed by atoms with Gasteiger partial charge in [0.1, 0.15) is 5.75 Å². The fourth-order valence-electron chi connectivity index (χ4n) is 1.44. The van der Waals surface area contributed by atoms with Crippen molar-refractivity contribution in [3.63, 3.8) is 0 Å². The number of hydrogen-bond donors (Lipinski definition) is 1. The number of ether oxygens (including phenoxy) is 1. The summed E-state index contributed by atoms with van der Waals surface area (Å²) in [7, 11) is 0. The molecule has 2 N–H and O–H groups in total. The Kier molecular flexibility index (Phi) is 4.20. The zero-order chi connectivity index (χ0) is 10.4. The molecule has 0 fully saturated rings. The lowest BCUT2D eigenvalue weighted by atomic mass is 10.1. The van der Waals surface area contributed by atoms with Gasteiger partial charge in [0.2, 0.25) is 0 Å². The average Bonchev–Trinajstić information content (AvgIpc) is 2.21. The van der Waals surface area contributed by atoms with Gasteiger partial charge in [-0.2, -0.15) is 0 Å². The van der Waals surface area contributed by atoms with Gasteiger partial charge in [-0.05, 0) is 18.9 Å². The lowest BCUT2D eigenvalue weighted by molar-refractivity contribution is 0.333. The van der Waals surface area contributed by atoms with Gasteiger partial charge >= 0.3 is 0 Å². The molecule has 1 aromatic carbocycles. The topological polar surface area (TPSA) is 35.2 Å². The van der Waals surface area contributed by atoms with E-state index in [2.05, 4.69) is 6.58 Å². The first-order chi connectivity index (χ1) is 6.83.